The normalized spacial score (nSPS) is 24.1. The van der Waals surface area contributed by atoms with Gasteiger partial charge in [-0.05, 0) is 30.8 Å². The number of carbonyl (C=O) groups is 2. The first-order chi connectivity index (χ1) is 9.09. The third-order valence-corrected chi connectivity index (χ3v) is 4.69. The summed E-state index contributed by atoms with van der Waals surface area (Å²) in [5, 5.41) is 16.9. The molecule has 0 aliphatic carbocycles. The molecule has 2 heterocycles. The fourth-order valence-electron chi connectivity index (χ4n) is 2.39. The molecule has 0 radical (unpaired) electrons. The van der Waals surface area contributed by atoms with E-state index in [9.17, 15) is 14.7 Å². The quantitative estimate of drug-likeness (QED) is 0.762. The first-order valence-corrected chi connectivity index (χ1v) is 7.25. The lowest BCUT2D eigenvalue weighted by atomic mass is 9.83. The van der Waals surface area contributed by atoms with Crippen LogP contribution < -0.4 is 10.6 Å². The molecule has 0 bridgehead atoms. The number of nitrogens with one attached hydrogen (secondary N) is 2. The van der Waals surface area contributed by atoms with Gasteiger partial charge in [0.05, 0.1) is 5.41 Å². The molecule has 1 fully saturated rings. The Labute approximate surface area is 116 Å². The zero-order valence-electron chi connectivity index (χ0n) is 10.8. The van der Waals surface area contributed by atoms with Crippen LogP contribution in [0.1, 0.15) is 30.7 Å². The molecule has 19 heavy (non-hydrogen) atoms. The largest absolute Gasteiger partial charge is 0.479 e. The Bertz CT molecular complexity index is 452. The fourth-order valence-corrected chi connectivity index (χ4v) is 3.16. The lowest BCUT2D eigenvalue weighted by Gasteiger charge is -2.27. The van der Waals surface area contributed by atoms with Crippen LogP contribution in [0.4, 0.5) is 0 Å². The summed E-state index contributed by atoms with van der Waals surface area (Å²) in [5.41, 5.74) is -0.467. The molecule has 104 valence electrons. The van der Waals surface area contributed by atoms with Gasteiger partial charge in [0.25, 0.3) is 0 Å². The molecule has 5 nitrogen and oxygen atoms in total. The smallest absolute Gasteiger partial charge is 0.331 e. The summed E-state index contributed by atoms with van der Waals surface area (Å²) in [5.74, 6) is -1.19. The van der Waals surface area contributed by atoms with Crippen molar-refractivity contribution in [2.75, 3.05) is 13.1 Å². The summed E-state index contributed by atoms with van der Waals surface area (Å²) in [4.78, 5) is 24.4. The van der Waals surface area contributed by atoms with Crippen molar-refractivity contribution in [2.45, 2.75) is 25.8 Å². The second-order valence-corrected chi connectivity index (χ2v) is 5.80. The number of thiophene rings is 1. The van der Waals surface area contributed by atoms with Gasteiger partial charge in [-0.3, -0.25) is 4.79 Å². The van der Waals surface area contributed by atoms with Gasteiger partial charge in [0.1, 0.15) is 0 Å². The molecule has 1 aromatic heterocycles. The number of aliphatic carboxylic acids is 1. The molecule has 6 heteroatoms. The predicted molar refractivity (Wildman–Crippen MR) is 73.0 cm³/mol. The molecule has 0 saturated carbocycles. The molecule has 2 atom stereocenters. The van der Waals surface area contributed by atoms with Crippen LogP contribution in [0.3, 0.4) is 0 Å². The monoisotopic (exact) mass is 282 g/mol. The molecular formula is C13H18N2O3S. The standard InChI is InChI=1S/C13H18N2O3S/c1-2-13(5-6-14-8-13)12(18)15-10(11(16)17)9-4-3-7-19-9/h3-4,7,10,14H,2,5-6,8H2,1H3,(H,15,18)(H,16,17). The Kier molecular flexibility index (Phi) is 4.21. The highest BCUT2D eigenvalue weighted by Gasteiger charge is 2.41. The van der Waals surface area contributed by atoms with E-state index in [0.717, 1.165) is 13.0 Å². The summed E-state index contributed by atoms with van der Waals surface area (Å²) < 4.78 is 0. The van der Waals surface area contributed by atoms with Gasteiger partial charge in [-0.25, -0.2) is 4.79 Å². The summed E-state index contributed by atoms with van der Waals surface area (Å²) >= 11 is 1.34. The first-order valence-electron chi connectivity index (χ1n) is 6.37. The summed E-state index contributed by atoms with van der Waals surface area (Å²) in [7, 11) is 0. The average molecular weight is 282 g/mol. The lowest BCUT2D eigenvalue weighted by molar-refractivity contribution is -0.143. The van der Waals surface area contributed by atoms with Crippen molar-refractivity contribution >= 4 is 23.2 Å². The Morgan fingerprint density at radius 1 is 1.63 bits per heavy atom. The van der Waals surface area contributed by atoms with Crippen molar-refractivity contribution < 1.29 is 14.7 Å². The van der Waals surface area contributed by atoms with Gasteiger partial charge in [0.15, 0.2) is 6.04 Å². The molecule has 2 rings (SSSR count). The van der Waals surface area contributed by atoms with Crippen LogP contribution in [-0.4, -0.2) is 30.1 Å². The van der Waals surface area contributed by atoms with Gasteiger partial charge in [-0.1, -0.05) is 13.0 Å². The van der Waals surface area contributed by atoms with E-state index in [1.807, 2.05) is 12.3 Å². The molecular weight excluding hydrogens is 264 g/mol. The minimum Gasteiger partial charge on any atom is -0.479 e. The summed E-state index contributed by atoms with van der Waals surface area (Å²) in [6, 6.07) is 2.57. The molecule has 0 aromatic carbocycles. The van der Waals surface area contributed by atoms with E-state index in [-0.39, 0.29) is 5.91 Å². The van der Waals surface area contributed by atoms with E-state index in [0.29, 0.717) is 17.8 Å². The third-order valence-electron chi connectivity index (χ3n) is 3.75. The Morgan fingerprint density at radius 3 is 2.89 bits per heavy atom. The topological polar surface area (TPSA) is 78.4 Å². The zero-order chi connectivity index (χ0) is 13.9. The van der Waals surface area contributed by atoms with Gasteiger partial charge < -0.3 is 15.7 Å². The van der Waals surface area contributed by atoms with E-state index in [4.69, 9.17) is 0 Å². The van der Waals surface area contributed by atoms with Crippen molar-refractivity contribution in [3.8, 4) is 0 Å². The Morgan fingerprint density at radius 2 is 2.42 bits per heavy atom. The first kappa shape index (κ1) is 14.0. The molecule has 3 N–H and O–H groups in total. The van der Waals surface area contributed by atoms with Crippen LogP contribution in [0.5, 0.6) is 0 Å². The van der Waals surface area contributed by atoms with Gasteiger partial charge in [-0.2, -0.15) is 0 Å². The highest BCUT2D eigenvalue weighted by molar-refractivity contribution is 7.10. The van der Waals surface area contributed by atoms with Crippen LogP contribution in [0.2, 0.25) is 0 Å². The number of carboxylic acid groups (broad SMARTS) is 1. The van der Waals surface area contributed by atoms with Gasteiger partial charge >= 0.3 is 5.97 Å². The van der Waals surface area contributed by atoms with Gasteiger partial charge in [0.2, 0.25) is 5.91 Å². The minimum atomic E-state index is -1.02. The average Bonchev–Trinajstić information content (AvgIpc) is 3.06. The maximum Gasteiger partial charge on any atom is 0.331 e. The molecule has 2 unspecified atom stereocenters. The lowest BCUT2D eigenvalue weighted by Crippen LogP contribution is -2.45. The van der Waals surface area contributed by atoms with Crippen molar-refractivity contribution in [3.05, 3.63) is 22.4 Å². The number of hydrogen-bond donors (Lipinski definition) is 3. The second-order valence-electron chi connectivity index (χ2n) is 4.82. The molecule has 1 amide bonds. The SMILES string of the molecule is CCC1(C(=O)NC(C(=O)O)c2cccs2)CCNC1. The van der Waals surface area contributed by atoms with Crippen molar-refractivity contribution in [3.63, 3.8) is 0 Å². The summed E-state index contributed by atoms with van der Waals surface area (Å²) in [6.45, 7) is 3.39. The predicted octanol–water partition coefficient (Wildman–Crippen LogP) is 1.38. The maximum absolute atomic E-state index is 12.4. The second kappa shape index (κ2) is 5.71. The highest BCUT2D eigenvalue weighted by atomic mass is 32.1. The van der Waals surface area contributed by atoms with E-state index in [2.05, 4.69) is 10.6 Å². The molecule has 1 aromatic rings. The Hall–Kier alpha value is -1.40. The number of carboxylic acids is 1. The number of hydrogen-bond acceptors (Lipinski definition) is 4. The number of carbonyl (C=O) groups excluding carboxylic acids is 1. The highest BCUT2D eigenvalue weighted by Crippen LogP contribution is 2.31. The number of rotatable bonds is 5. The minimum absolute atomic E-state index is 0.166. The van der Waals surface area contributed by atoms with Crippen molar-refractivity contribution in [2.24, 2.45) is 5.41 Å². The summed E-state index contributed by atoms with van der Waals surface area (Å²) in [6.07, 6.45) is 1.47. The van der Waals surface area contributed by atoms with Crippen molar-refractivity contribution in [1.29, 1.82) is 0 Å². The van der Waals surface area contributed by atoms with E-state index < -0.39 is 17.4 Å². The zero-order valence-corrected chi connectivity index (χ0v) is 11.6. The van der Waals surface area contributed by atoms with Crippen LogP contribution in [0, 0.1) is 5.41 Å². The van der Waals surface area contributed by atoms with E-state index in [1.165, 1.54) is 11.3 Å². The fraction of sp³-hybridized carbons (Fsp3) is 0.538. The van der Waals surface area contributed by atoms with E-state index >= 15 is 0 Å². The Balaban J connectivity index is 2.13. The third kappa shape index (κ3) is 2.79. The van der Waals surface area contributed by atoms with E-state index in [1.54, 1.807) is 12.1 Å². The van der Waals surface area contributed by atoms with Crippen molar-refractivity contribution in [1.82, 2.24) is 10.6 Å². The van der Waals surface area contributed by atoms with Gasteiger partial charge in [-0.15, -0.1) is 11.3 Å². The van der Waals surface area contributed by atoms with Gasteiger partial charge in [0, 0.05) is 11.4 Å². The van der Waals surface area contributed by atoms with Crippen LogP contribution >= 0.6 is 11.3 Å². The molecule has 1 saturated heterocycles. The number of amides is 1. The maximum atomic E-state index is 12.4. The van der Waals surface area contributed by atoms with Crippen LogP contribution in [0.15, 0.2) is 17.5 Å². The van der Waals surface area contributed by atoms with Crippen LogP contribution in [-0.2, 0) is 9.59 Å². The molecule has 0 spiro atoms. The van der Waals surface area contributed by atoms with Crippen LogP contribution in [0.25, 0.3) is 0 Å². The molecule has 1 aliphatic rings. The molecule has 1 aliphatic heterocycles.